The first-order chi connectivity index (χ1) is 15.8. The summed E-state index contributed by atoms with van der Waals surface area (Å²) in [6.07, 6.45) is 1.47. The number of nitrogens with zero attached hydrogens (tertiary/aromatic N) is 1. The monoisotopic (exact) mass is 572 g/mol. The molecule has 0 saturated carbocycles. The number of methoxy groups -OCH3 is 1. The topological polar surface area (TPSA) is 71.3 Å². The van der Waals surface area contributed by atoms with Gasteiger partial charge >= 0.3 is 0 Å². The molecule has 0 aliphatic heterocycles. The van der Waals surface area contributed by atoms with Gasteiger partial charge in [-0.15, -0.1) is 0 Å². The number of halogens is 3. The molecule has 0 spiro atoms. The fraction of sp³-hybridized carbons (Fsp3) is 0.120. The van der Waals surface area contributed by atoms with Crippen LogP contribution >= 0.6 is 31.9 Å². The highest BCUT2D eigenvalue weighted by Gasteiger charge is 2.15. The molecule has 0 aromatic heterocycles. The van der Waals surface area contributed by atoms with Gasteiger partial charge in [0.25, 0.3) is 5.91 Å². The maximum Gasteiger partial charge on any atom is 0.266 e. The fourth-order valence-electron chi connectivity index (χ4n) is 2.95. The number of hydrogen-bond acceptors (Lipinski definition) is 4. The van der Waals surface area contributed by atoms with Crippen LogP contribution in [0.4, 0.5) is 10.1 Å². The van der Waals surface area contributed by atoms with Gasteiger partial charge in [-0.1, -0.05) is 18.2 Å². The molecular weight excluding hydrogens is 555 g/mol. The average molecular weight is 574 g/mol. The Kier molecular flexibility index (Phi) is 8.26. The Bertz CT molecular complexity index is 1230. The normalized spacial score (nSPS) is 11.0. The summed E-state index contributed by atoms with van der Waals surface area (Å²) in [5.41, 5.74) is 2.87. The Morgan fingerprint density at radius 3 is 2.36 bits per heavy atom. The zero-order chi connectivity index (χ0) is 24.0. The summed E-state index contributed by atoms with van der Waals surface area (Å²) in [7, 11) is 1.50. The first kappa shape index (κ1) is 24.5. The maximum absolute atomic E-state index is 13.1. The zero-order valence-corrected chi connectivity index (χ0v) is 21.0. The SMILES string of the molecule is COc1cc(/C=C(\C#N)C(=O)Nc2c(Br)cc(C)cc2Br)ccc1OCc1ccc(F)cc1. The molecule has 0 saturated heterocycles. The predicted molar refractivity (Wildman–Crippen MR) is 133 cm³/mol. The van der Waals surface area contributed by atoms with E-state index in [-0.39, 0.29) is 18.0 Å². The van der Waals surface area contributed by atoms with Crippen molar-refractivity contribution in [3.05, 3.63) is 91.6 Å². The molecule has 0 bridgehead atoms. The van der Waals surface area contributed by atoms with Crippen LogP contribution < -0.4 is 14.8 Å². The number of amides is 1. The average Bonchev–Trinajstić information content (AvgIpc) is 2.79. The lowest BCUT2D eigenvalue weighted by molar-refractivity contribution is -0.112. The third-order valence-corrected chi connectivity index (χ3v) is 5.85. The lowest BCUT2D eigenvalue weighted by Gasteiger charge is -2.12. The van der Waals surface area contributed by atoms with Gasteiger partial charge in [-0.25, -0.2) is 4.39 Å². The minimum atomic E-state index is -0.543. The second-order valence-corrected chi connectivity index (χ2v) is 8.76. The number of hydrogen-bond donors (Lipinski definition) is 1. The minimum Gasteiger partial charge on any atom is -0.493 e. The first-order valence-corrected chi connectivity index (χ1v) is 11.3. The molecule has 0 unspecified atom stereocenters. The lowest BCUT2D eigenvalue weighted by atomic mass is 10.1. The van der Waals surface area contributed by atoms with Crippen molar-refractivity contribution in [1.29, 1.82) is 5.26 Å². The van der Waals surface area contributed by atoms with Crippen molar-refractivity contribution in [2.75, 3.05) is 12.4 Å². The van der Waals surface area contributed by atoms with E-state index in [1.807, 2.05) is 25.1 Å². The molecule has 0 heterocycles. The van der Waals surface area contributed by atoms with Crippen LogP contribution in [0.2, 0.25) is 0 Å². The highest BCUT2D eigenvalue weighted by atomic mass is 79.9. The lowest BCUT2D eigenvalue weighted by Crippen LogP contribution is -2.14. The van der Waals surface area contributed by atoms with E-state index in [0.29, 0.717) is 31.7 Å². The van der Waals surface area contributed by atoms with Gasteiger partial charge in [-0.2, -0.15) is 5.26 Å². The number of nitrogens with one attached hydrogen (secondary N) is 1. The molecule has 0 aliphatic rings. The summed E-state index contributed by atoms with van der Waals surface area (Å²) < 4.78 is 25.6. The van der Waals surface area contributed by atoms with Crippen LogP contribution in [0.25, 0.3) is 6.08 Å². The van der Waals surface area contributed by atoms with E-state index in [1.165, 1.54) is 25.3 Å². The van der Waals surface area contributed by atoms with Crippen molar-refractivity contribution in [3.8, 4) is 17.6 Å². The van der Waals surface area contributed by atoms with E-state index in [1.54, 1.807) is 30.3 Å². The maximum atomic E-state index is 13.1. The summed E-state index contributed by atoms with van der Waals surface area (Å²) in [4.78, 5) is 12.7. The highest BCUT2D eigenvalue weighted by molar-refractivity contribution is 9.11. The van der Waals surface area contributed by atoms with E-state index in [9.17, 15) is 14.4 Å². The molecule has 1 amide bonds. The molecule has 8 heteroatoms. The van der Waals surface area contributed by atoms with Crippen LogP contribution in [0.5, 0.6) is 11.5 Å². The summed E-state index contributed by atoms with van der Waals surface area (Å²) in [5.74, 6) is 0.0623. The highest BCUT2D eigenvalue weighted by Crippen LogP contribution is 2.33. The number of ether oxygens (including phenoxy) is 2. The largest absolute Gasteiger partial charge is 0.493 e. The number of rotatable bonds is 7. The molecule has 0 fully saturated rings. The van der Waals surface area contributed by atoms with E-state index >= 15 is 0 Å². The van der Waals surface area contributed by atoms with Crippen LogP contribution in [0.1, 0.15) is 16.7 Å². The number of carbonyl (C=O) groups is 1. The van der Waals surface area contributed by atoms with E-state index in [2.05, 4.69) is 37.2 Å². The van der Waals surface area contributed by atoms with Crippen LogP contribution in [0.3, 0.4) is 0 Å². The van der Waals surface area contributed by atoms with Gasteiger partial charge in [-0.3, -0.25) is 4.79 Å². The van der Waals surface area contributed by atoms with Crippen molar-refractivity contribution < 1.29 is 18.7 Å². The van der Waals surface area contributed by atoms with Gasteiger partial charge in [0.1, 0.15) is 24.1 Å². The second kappa shape index (κ2) is 11.1. The third-order valence-electron chi connectivity index (χ3n) is 4.60. The predicted octanol–water partition coefficient (Wildman–Crippen LogP) is 6.79. The summed E-state index contributed by atoms with van der Waals surface area (Å²) in [5, 5.41) is 12.3. The molecular formula is C25H19Br2FN2O3. The Balaban J connectivity index is 1.78. The molecule has 0 atom stereocenters. The molecule has 5 nitrogen and oxygen atoms in total. The van der Waals surface area contributed by atoms with Crippen LogP contribution in [-0.4, -0.2) is 13.0 Å². The minimum absolute atomic E-state index is 0.0728. The molecule has 3 aromatic carbocycles. The number of carbonyl (C=O) groups excluding carboxylic acids is 1. The molecule has 3 rings (SSSR count). The number of nitriles is 1. The number of anilines is 1. The van der Waals surface area contributed by atoms with Gasteiger partial charge in [0.2, 0.25) is 0 Å². The molecule has 1 N–H and O–H groups in total. The third kappa shape index (κ3) is 6.44. The Labute approximate surface area is 208 Å². The fourth-order valence-corrected chi connectivity index (χ4v) is 4.56. The number of benzene rings is 3. The molecule has 3 aromatic rings. The Morgan fingerprint density at radius 2 is 1.76 bits per heavy atom. The summed E-state index contributed by atoms with van der Waals surface area (Å²) >= 11 is 6.86. The van der Waals surface area contributed by atoms with Crippen LogP contribution in [-0.2, 0) is 11.4 Å². The van der Waals surface area contributed by atoms with Gasteiger partial charge in [0.05, 0.1) is 12.8 Å². The zero-order valence-electron chi connectivity index (χ0n) is 17.8. The van der Waals surface area contributed by atoms with Crippen molar-refractivity contribution in [3.63, 3.8) is 0 Å². The van der Waals surface area contributed by atoms with E-state index in [0.717, 1.165) is 11.1 Å². The smallest absolute Gasteiger partial charge is 0.266 e. The second-order valence-electron chi connectivity index (χ2n) is 7.05. The molecule has 0 aliphatic carbocycles. The van der Waals surface area contributed by atoms with Crippen LogP contribution in [0, 0.1) is 24.1 Å². The van der Waals surface area contributed by atoms with Crippen molar-refractivity contribution in [2.45, 2.75) is 13.5 Å². The molecule has 0 radical (unpaired) electrons. The van der Waals surface area contributed by atoms with Crippen molar-refractivity contribution in [1.82, 2.24) is 0 Å². The quantitative estimate of drug-likeness (QED) is 0.249. The Morgan fingerprint density at radius 1 is 1.09 bits per heavy atom. The van der Waals surface area contributed by atoms with Crippen molar-refractivity contribution in [2.24, 2.45) is 0 Å². The van der Waals surface area contributed by atoms with Crippen LogP contribution in [0.15, 0.2) is 69.1 Å². The molecule has 33 heavy (non-hydrogen) atoms. The van der Waals surface area contributed by atoms with E-state index < -0.39 is 5.91 Å². The first-order valence-electron chi connectivity index (χ1n) is 9.74. The van der Waals surface area contributed by atoms with Gasteiger partial charge in [0.15, 0.2) is 11.5 Å². The van der Waals surface area contributed by atoms with E-state index in [4.69, 9.17) is 9.47 Å². The summed E-state index contributed by atoms with van der Waals surface area (Å²) in [6.45, 7) is 2.17. The van der Waals surface area contributed by atoms with Gasteiger partial charge < -0.3 is 14.8 Å². The van der Waals surface area contributed by atoms with Gasteiger partial charge in [-0.05, 0) is 97.9 Å². The summed E-state index contributed by atoms with van der Waals surface area (Å²) in [6, 6.07) is 16.8. The standard InChI is InChI=1S/C25H19Br2FN2O3/c1-15-9-20(26)24(21(27)10-15)30-25(31)18(13-29)11-17-5-8-22(23(12-17)32-2)33-14-16-3-6-19(28)7-4-16/h3-12H,14H2,1-2H3,(H,30,31)/b18-11+. The number of aryl methyl sites for hydroxylation is 1. The Hall–Kier alpha value is -3.15. The molecule has 168 valence electrons. The van der Waals surface area contributed by atoms with Gasteiger partial charge in [0, 0.05) is 8.95 Å². The van der Waals surface area contributed by atoms with Crippen molar-refractivity contribution >= 4 is 49.5 Å².